The second kappa shape index (κ2) is 4.67. The van der Waals surface area contributed by atoms with E-state index in [2.05, 4.69) is 18.8 Å². The maximum absolute atomic E-state index is 5.00. The number of hydrogen-bond donors (Lipinski definition) is 0. The van der Waals surface area contributed by atoms with Crippen LogP contribution >= 0.6 is 0 Å². The second-order valence-corrected chi connectivity index (χ2v) is 1.41. The third-order valence-corrected chi connectivity index (χ3v) is 0.715. The van der Waals surface area contributed by atoms with Crippen LogP contribution < -0.4 is 0 Å². The van der Waals surface area contributed by atoms with E-state index in [1.165, 1.54) is 0 Å². The topological polar surface area (TPSA) is 9.23 Å². The zero-order valence-electron chi connectivity index (χ0n) is 5.40. The van der Waals surface area contributed by atoms with Crippen LogP contribution in [0.2, 0.25) is 0 Å². The molecule has 0 saturated carbocycles. The van der Waals surface area contributed by atoms with Crippen LogP contribution in [0.3, 0.4) is 0 Å². The standard InChI is InChI=1S/C7H11O/c1-4-6-7(3)8-5-2/h7H,2,5H2,1,3H3. The van der Waals surface area contributed by atoms with Crippen molar-refractivity contribution in [1.29, 1.82) is 0 Å². The van der Waals surface area contributed by atoms with E-state index in [9.17, 15) is 0 Å². The van der Waals surface area contributed by atoms with Gasteiger partial charge in [0.1, 0.15) is 6.10 Å². The van der Waals surface area contributed by atoms with Crippen LogP contribution in [-0.4, -0.2) is 12.7 Å². The Morgan fingerprint density at radius 3 is 2.75 bits per heavy atom. The molecule has 1 nitrogen and oxygen atoms in total. The van der Waals surface area contributed by atoms with E-state index >= 15 is 0 Å². The van der Waals surface area contributed by atoms with Crippen LogP contribution in [0.15, 0.2) is 0 Å². The van der Waals surface area contributed by atoms with Gasteiger partial charge in [0.25, 0.3) is 0 Å². The molecule has 1 heteroatoms. The van der Waals surface area contributed by atoms with E-state index in [1.54, 1.807) is 6.92 Å². The minimum Gasteiger partial charge on any atom is -0.366 e. The highest BCUT2D eigenvalue weighted by molar-refractivity contribution is 5.00. The number of ether oxygens (including phenoxy) is 1. The van der Waals surface area contributed by atoms with Crippen molar-refractivity contribution in [3.8, 4) is 11.8 Å². The molecule has 0 aromatic heterocycles. The minimum absolute atomic E-state index is 0.0394. The first-order valence-corrected chi connectivity index (χ1v) is 2.64. The average Bonchev–Trinajstić information content (AvgIpc) is 1.68. The van der Waals surface area contributed by atoms with Crippen LogP contribution in [0.5, 0.6) is 0 Å². The smallest absolute Gasteiger partial charge is 0.115 e. The lowest BCUT2D eigenvalue weighted by molar-refractivity contribution is 0.128. The summed E-state index contributed by atoms with van der Waals surface area (Å²) in [4.78, 5) is 0. The first-order chi connectivity index (χ1) is 3.81. The van der Waals surface area contributed by atoms with Crippen LogP contribution in [-0.2, 0) is 4.74 Å². The van der Waals surface area contributed by atoms with Crippen molar-refractivity contribution in [2.45, 2.75) is 20.0 Å². The fourth-order valence-electron chi connectivity index (χ4n) is 0.422. The summed E-state index contributed by atoms with van der Waals surface area (Å²) in [6.07, 6.45) is 0.0394. The van der Waals surface area contributed by atoms with Crippen LogP contribution in [0.25, 0.3) is 0 Å². The molecule has 0 bridgehead atoms. The van der Waals surface area contributed by atoms with E-state index in [0.29, 0.717) is 6.61 Å². The largest absolute Gasteiger partial charge is 0.366 e. The Hall–Kier alpha value is -0.480. The van der Waals surface area contributed by atoms with Crippen molar-refractivity contribution in [3.63, 3.8) is 0 Å². The summed E-state index contributed by atoms with van der Waals surface area (Å²) in [6, 6.07) is 0. The monoisotopic (exact) mass is 111 g/mol. The van der Waals surface area contributed by atoms with Crippen molar-refractivity contribution in [2.24, 2.45) is 0 Å². The van der Waals surface area contributed by atoms with E-state index in [-0.39, 0.29) is 6.10 Å². The van der Waals surface area contributed by atoms with Gasteiger partial charge in [0, 0.05) is 6.61 Å². The maximum atomic E-state index is 5.00. The lowest BCUT2D eigenvalue weighted by Gasteiger charge is -2.00. The van der Waals surface area contributed by atoms with Gasteiger partial charge in [-0.2, -0.15) is 0 Å². The van der Waals surface area contributed by atoms with Crippen LogP contribution in [0.1, 0.15) is 13.8 Å². The molecule has 0 heterocycles. The van der Waals surface area contributed by atoms with Gasteiger partial charge in [-0.05, 0) is 20.8 Å². The highest BCUT2D eigenvalue weighted by Crippen LogP contribution is 1.84. The van der Waals surface area contributed by atoms with Gasteiger partial charge in [0.2, 0.25) is 0 Å². The maximum Gasteiger partial charge on any atom is 0.115 e. The average molecular weight is 111 g/mol. The normalized spacial score (nSPS) is 11.9. The van der Waals surface area contributed by atoms with Gasteiger partial charge in [-0.3, -0.25) is 0 Å². The molecule has 1 radical (unpaired) electrons. The minimum atomic E-state index is 0.0394. The van der Waals surface area contributed by atoms with E-state index < -0.39 is 0 Å². The fourth-order valence-corrected chi connectivity index (χ4v) is 0.422. The van der Waals surface area contributed by atoms with Gasteiger partial charge < -0.3 is 4.74 Å². The molecule has 1 unspecified atom stereocenters. The molecule has 0 spiro atoms. The Bertz CT molecular complexity index is 96.7. The highest BCUT2D eigenvalue weighted by atomic mass is 16.5. The molecule has 0 rings (SSSR count). The molecule has 8 heavy (non-hydrogen) atoms. The van der Waals surface area contributed by atoms with Crippen molar-refractivity contribution in [1.82, 2.24) is 0 Å². The Morgan fingerprint density at radius 1 is 1.75 bits per heavy atom. The van der Waals surface area contributed by atoms with Crippen molar-refractivity contribution in [2.75, 3.05) is 6.61 Å². The summed E-state index contributed by atoms with van der Waals surface area (Å²) < 4.78 is 5.00. The quantitative estimate of drug-likeness (QED) is 0.487. The molecule has 0 aromatic rings. The van der Waals surface area contributed by atoms with Crippen LogP contribution in [0.4, 0.5) is 0 Å². The van der Waals surface area contributed by atoms with Crippen LogP contribution in [0, 0.1) is 18.8 Å². The predicted octanol–water partition coefficient (Wildman–Crippen LogP) is 1.25. The van der Waals surface area contributed by atoms with Gasteiger partial charge >= 0.3 is 0 Å². The summed E-state index contributed by atoms with van der Waals surface area (Å²) in [5.74, 6) is 5.58. The Morgan fingerprint density at radius 2 is 2.38 bits per heavy atom. The Balaban J connectivity index is 3.27. The van der Waals surface area contributed by atoms with Gasteiger partial charge in [-0.25, -0.2) is 0 Å². The predicted molar refractivity (Wildman–Crippen MR) is 34.2 cm³/mol. The molecular formula is C7H11O. The van der Waals surface area contributed by atoms with E-state index in [1.807, 2.05) is 6.92 Å². The molecule has 1 atom stereocenters. The lowest BCUT2D eigenvalue weighted by atomic mass is 10.4. The lowest BCUT2D eigenvalue weighted by Crippen LogP contribution is -2.03. The van der Waals surface area contributed by atoms with Gasteiger partial charge in [-0.15, -0.1) is 5.92 Å². The van der Waals surface area contributed by atoms with Gasteiger partial charge in [0.05, 0.1) is 0 Å². The Kier molecular flexibility index (Phi) is 4.39. The number of rotatable bonds is 2. The molecule has 45 valence electrons. The summed E-state index contributed by atoms with van der Waals surface area (Å²) in [7, 11) is 0. The highest BCUT2D eigenvalue weighted by Gasteiger charge is 1.89. The summed E-state index contributed by atoms with van der Waals surface area (Å²) in [5, 5.41) is 0. The van der Waals surface area contributed by atoms with Crippen molar-refractivity contribution < 1.29 is 4.74 Å². The molecular weight excluding hydrogens is 100 g/mol. The van der Waals surface area contributed by atoms with Gasteiger partial charge in [-0.1, -0.05) is 5.92 Å². The zero-order chi connectivity index (χ0) is 6.41. The van der Waals surface area contributed by atoms with E-state index in [0.717, 1.165) is 0 Å². The molecule has 0 saturated heterocycles. The van der Waals surface area contributed by atoms with E-state index in [4.69, 9.17) is 4.74 Å². The molecule has 0 aliphatic rings. The number of hydrogen-bond acceptors (Lipinski definition) is 1. The third-order valence-electron chi connectivity index (χ3n) is 0.715. The SMILES string of the molecule is [CH2]COC(C)C#CC. The first-order valence-electron chi connectivity index (χ1n) is 2.64. The third kappa shape index (κ3) is 3.70. The summed E-state index contributed by atoms with van der Waals surface area (Å²) >= 11 is 0. The zero-order valence-corrected chi connectivity index (χ0v) is 5.40. The summed E-state index contributed by atoms with van der Waals surface area (Å²) in [6.45, 7) is 7.71. The van der Waals surface area contributed by atoms with Gasteiger partial charge in [0.15, 0.2) is 0 Å². The Labute approximate surface area is 51.0 Å². The molecule has 0 N–H and O–H groups in total. The molecule has 0 aliphatic carbocycles. The molecule has 0 fully saturated rings. The second-order valence-electron chi connectivity index (χ2n) is 1.41. The first kappa shape index (κ1) is 7.52. The molecule has 0 aromatic carbocycles. The molecule has 0 aliphatic heterocycles. The molecule has 0 amide bonds. The van der Waals surface area contributed by atoms with Crippen molar-refractivity contribution in [3.05, 3.63) is 6.92 Å². The summed E-state index contributed by atoms with van der Waals surface area (Å²) in [5.41, 5.74) is 0. The fraction of sp³-hybridized carbons (Fsp3) is 0.571. The van der Waals surface area contributed by atoms with Crippen molar-refractivity contribution >= 4 is 0 Å².